The highest BCUT2D eigenvalue weighted by molar-refractivity contribution is 5.85. The van der Waals surface area contributed by atoms with Crippen LogP contribution in [-0.4, -0.2) is 47.8 Å². The number of carbonyl (C=O) groups is 2. The van der Waals surface area contributed by atoms with Crippen LogP contribution in [0.1, 0.15) is 43.6 Å². The van der Waals surface area contributed by atoms with Gasteiger partial charge in [-0.15, -0.1) is 0 Å². The first kappa shape index (κ1) is 15.1. The van der Waals surface area contributed by atoms with Gasteiger partial charge < -0.3 is 9.80 Å². The molecule has 1 atom stereocenters. The third-order valence-electron chi connectivity index (χ3n) is 4.79. The molecule has 118 valence electrons. The van der Waals surface area contributed by atoms with E-state index in [1.165, 1.54) is 5.56 Å². The Morgan fingerprint density at radius 3 is 2.68 bits per heavy atom. The lowest BCUT2D eigenvalue weighted by molar-refractivity contribution is -0.142. The molecule has 0 N–H and O–H groups in total. The van der Waals surface area contributed by atoms with Gasteiger partial charge in [-0.25, -0.2) is 0 Å². The summed E-state index contributed by atoms with van der Waals surface area (Å²) in [4.78, 5) is 28.1. The lowest BCUT2D eigenvalue weighted by Gasteiger charge is -2.35. The molecule has 1 aromatic rings. The summed E-state index contributed by atoms with van der Waals surface area (Å²) in [7, 11) is 0. The molecular weight excluding hydrogens is 276 g/mol. The van der Waals surface area contributed by atoms with E-state index in [9.17, 15) is 9.59 Å². The fraction of sp³-hybridized carbons (Fsp3) is 0.556. The molecule has 2 saturated heterocycles. The SMILES string of the molecule is O=C1CCCCN1CC(=O)N1CCC[C@@H](c2ccccc2)C1. The Balaban J connectivity index is 1.59. The average Bonchev–Trinajstić information content (AvgIpc) is 2.58. The normalized spacial score (nSPS) is 22.7. The van der Waals surface area contributed by atoms with Crippen LogP contribution < -0.4 is 0 Å². The summed E-state index contributed by atoms with van der Waals surface area (Å²) in [6.07, 6.45) is 4.75. The maximum atomic E-state index is 12.5. The second-order valence-electron chi connectivity index (χ2n) is 6.36. The molecule has 2 amide bonds. The van der Waals surface area contributed by atoms with Gasteiger partial charge in [-0.2, -0.15) is 0 Å². The van der Waals surface area contributed by atoms with Crippen molar-refractivity contribution in [3.63, 3.8) is 0 Å². The van der Waals surface area contributed by atoms with Crippen molar-refractivity contribution < 1.29 is 9.59 Å². The van der Waals surface area contributed by atoms with Gasteiger partial charge >= 0.3 is 0 Å². The molecule has 2 fully saturated rings. The quantitative estimate of drug-likeness (QED) is 0.860. The number of hydrogen-bond donors (Lipinski definition) is 0. The van der Waals surface area contributed by atoms with Gasteiger partial charge in [0.15, 0.2) is 0 Å². The third-order valence-corrected chi connectivity index (χ3v) is 4.79. The minimum Gasteiger partial charge on any atom is -0.341 e. The molecule has 4 heteroatoms. The minimum absolute atomic E-state index is 0.107. The van der Waals surface area contributed by atoms with E-state index in [-0.39, 0.29) is 18.4 Å². The summed E-state index contributed by atoms with van der Waals surface area (Å²) in [5, 5.41) is 0. The van der Waals surface area contributed by atoms with Gasteiger partial charge in [0.2, 0.25) is 11.8 Å². The number of piperidine rings is 2. The summed E-state index contributed by atoms with van der Waals surface area (Å²) in [5.41, 5.74) is 1.31. The van der Waals surface area contributed by atoms with Crippen molar-refractivity contribution in [2.45, 2.75) is 38.0 Å². The zero-order chi connectivity index (χ0) is 15.4. The molecule has 2 heterocycles. The Hall–Kier alpha value is -1.84. The first-order valence-electron chi connectivity index (χ1n) is 8.34. The molecule has 0 spiro atoms. The minimum atomic E-state index is 0.107. The molecule has 22 heavy (non-hydrogen) atoms. The largest absolute Gasteiger partial charge is 0.341 e. The van der Waals surface area contributed by atoms with Crippen LogP contribution in [-0.2, 0) is 9.59 Å². The molecule has 4 nitrogen and oxygen atoms in total. The van der Waals surface area contributed by atoms with Crippen LogP contribution in [0.2, 0.25) is 0 Å². The number of carbonyl (C=O) groups excluding carboxylic acids is 2. The number of rotatable bonds is 3. The van der Waals surface area contributed by atoms with E-state index in [0.717, 1.165) is 45.3 Å². The van der Waals surface area contributed by atoms with Gasteiger partial charge in [-0.3, -0.25) is 9.59 Å². The van der Waals surface area contributed by atoms with Crippen LogP contribution in [0.4, 0.5) is 0 Å². The van der Waals surface area contributed by atoms with Crippen LogP contribution >= 0.6 is 0 Å². The summed E-state index contributed by atoms with van der Waals surface area (Å²) >= 11 is 0. The van der Waals surface area contributed by atoms with Gasteiger partial charge in [0.25, 0.3) is 0 Å². The molecule has 0 bridgehead atoms. The van der Waals surface area contributed by atoms with E-state index in [4.69, 9.17) is 0 Å². The van der Waals surface area contributed by atoms with Crippen molar-refractivity contribution in [3.05, 3.63) is 35.9 Å². The molecule has 0 aromatic heterocycles. The molecule has 3 rings (SSSR count). The number of likely N-dealkylation sites (tertiary alicyclic amines) is 2. The fourth-order valence-corrected chi connectivity index (χ4v) is 3.49. The predicted octanol–water partition coefficient (Wildman–Crippen LogP) is 2.41. The van der Waals surface area contributed by atoms with Gasteiger partial charge in [0.05, 0.1) is 6.54 Å². The van der Waals surface area contributed by atoms with Crippen molar-refractivity contribution in [2.24, 2.45) is 0 Å². The van der Waals surface area contributed by atoms with E-state index < -0.39 is 0 Å². The highest BCUT2D eigenvalue weighted by Crippen LogP contribution is 2.26. The van der Waals surface area contributed by atoms with Gasteiger partial charge in [0, 0.05) is 32.0 Å². The Labute approximate surface area is 132 Å². The van der Waals surface area contributed by atoms with E-state index in [2.05, 4.69) is 24.3 Å². The van der Waals surface area contributed by atoms with E-state index >= 15 is 0 Å². The molecule has 2 aliphatic heterocycles. The highest BCUT2D eigenvalue weighted by atomic mass is 16.2. The van der Waals surface area contributed by atoms with E-state index in [1.807, 2.05) is 11.0 Å². The third kappa shape index (κ3) is 3.49. The van der Waals surface area contributed by atoms with Crippen molar-refractivity contribution >= 4 is 11.8 Å². The highest BCUT2D eigenvalue weighted by Gasteiger charge is 2.27. The lowest BCUT2D eigenvalue weighted by Crippen LogP contribution is -2.47. The topological polar surface area (TPSA) is 40.6 Å². The molecule has 0 aliphatic carbocycles. The molecule has 0 unspecified atom stereocenters. The first-order chi connectivity index (χ1) is 10.7. The van der Waals surface area contributed by atoms with Crippen LogP contribution in [0.15, 0.2) is 30.3 Å². The Morgan fingerprint density at radius 1 is 1.09 bits per heavy atom. The number of amides is 2. The summed E-state index contributed by atoms with van der Waals surface area (Å²) in [6, 6.07) is 10.4. The molecule has 1 aromatic carbocycles. The second-order valence-corrected chi connectivity index (χ2v) is 6.36. The average molecular weight is 300 g/mol. The summed E-state index contributed by atoms with van der Waals surface area (Å²) in [6.45, 7) is 2.61. The fourth-order valence-electron chi connectivity index (χ4n) is 3.49. The maximum absolute atomic E-state index is 12.5. The second kappa shape index (κ2) is 6.95. The van der Waals surface area contributed by atoms with Crippen molar-refractivity contribution in [2.75, 3.05) is 26.2 Å². The Kier molecular flexibility index (Phi) is 4.76. The van der Waals surface area contributed by atoms with E-state index in [0.29, 0.717) is 12.3 Å². The smallest absolute Gasteiger partial charge is 0.242 e. The predicted molar refractivity (Wildman–Crippen MR) is 85.4 cm³/mol. The van der Waals surface area contributed by atoms with Gasteiger partial charge in [-0.1, -0.05) is 30.3 Å². The first-order valence-corrected chi connectivity index (χ1v) is 8.34. The lowest BCUT2D eigenvalue weighted by atomic mass is 9.90. The van der Waals surface area contributed by atoms with Crippen LogP contribution in [0, 0.1) is 0 Å². The standard InChI is InChI=1S/C18H24N2O2/c21-17-10-4-5-11-20(17)14-18(22)19-12-6-9-16(13-19)15-7-2-1-3-8-15/h1-3,7-8,16H,4-6,9-14H2/t16-/m1/s1. The number of hydrogen-bond acceptors (Lipinski definition) is 2. The van der Waals surface area contributed by atoms with Crippen LogP contribution in [0.3, 0.4) is 0 Å². The number of nitrogens with zero attached hydrogens (tertiary/aromatic N) is 2. The zero-order valence-corrected chi connectivity index (χ0v) is 13.0. The van der Waals surface area contributed by atoms with Crippen LogP contribution in [0.5, 0.6) is 0 Å². The van der Waals surface area contributed by atoms with Crippen molar-refractivity contribution in [3.8, 4) is 0 Å². The molecule has 0 radical (unpaired) electrons. The summed E-state index contributed by atoms with van der Waals surface area (Å²) < 4.78 is 0. The number of benzene rings is 1. The van der Waals surface area contributed by atoms with Crippen molar-refractivity contribution in [1.82, 2.24) is 9.80 Å². The zero-order valence-electron chi connectivity index (χ0n) is 13.0. The monoisotopic (exact) mass is 300 g/mol. The van der Waals surface area contributed by atoms with E-state index in [1.54, 1.807) is 4.90 Å². The van der Waals surface area contributed by atoms with Crippen molar-refractivity contribution in [1.29, 1.82) is 0 Å². The summed E-state index contributed by atoms with van der Waals surface area (Å²) in [5.74, 6) is 0.669. The van der Waals surface area contributed by atoms with Crippen LogP contribution in [0.25, 0.3) is 0 Å². The van der Waals surface area contributed by atoms with Gasteiger partial charge in [-0.05, 0) is 31.2 Å². The van der Waals surface area contributed by atoms with Gasteiger partial charge in [0.1, 0.15) is 0 Å². The molecule has 2 aliphatic rings. The molecular formula is C18H24N2O2. The maximum Gasteiger partial charge on any atom is 0.242 e. The Bertz CT molecular complexity index is 529. The molecule has 0 saturated carbocycles. The Morgan fingerprint density at radius 2 is 1.91 bits per heavy atom.